The van der Waals surface area contributed by atoms with Gasteiger partial charge in [0.25, 0.3) is 0 Å². The number of imide groups is 1. The van der Waals surface area contributed by atoms with Gasteiger partial charge in [-0.05, 0) is 62.0 Å². The highest BCUT2D eigenvalue weighted by Gasteiger charge is 2.73. The zero-order chi connectivity index (χ0) is 16.1. The molecule has 118 valence electrons. The molecule has 0 radical (unpaired) electrons. The van der Waals surface area contributed by atoms with Crippen LogP contribution in [-0.2, 0) is 9.59 Å². The molecule has 2 amide bonds. The van der Waals surface area contributed by atoms with Crippen LogP contribution >= 0.6 is 0 Å². The third kappa shape index (κ3) is 1.42. The molecule has 0 aromatic heterocycles. The standard InChI is InChI=1S/C20H21NO2/c1-10-8-11(2)17(12(3)9-10)21-18(22)15-13-4-5-14(16(15)19(21)23)20(13)6-7-20/h4-5,8-9,13-16H,6-7H2,1-3H3/t13-,14-,15-,16-/m1/s1. The Morgan fingerprint density at radius 3 is 1.83 bits per heavy atom. The number of nitrogens with zero attached hydrogens (tertiary/aromatic N) is 1. The fourth-order valence-corrected chi connectivity index (χ4v) is 5.82. The van der Waals surface area contributed by atoms with Gasteiger partial charge >= 0.3 is 0 Å². The van der Waals surface area contributed by atoms with Gasteiger partial charge in [-0.1, -0.05) is 29.8 Å². The first kappa shape index (κ1) is 13.5. The number of carbonyl (C=O) groups excluding carboxylic acids is 2. The van der Waals surface area contributed by atoms with E-state index in [2.05, 4.69) is 24.3 Å². The van der Waals surface area contributed by atoms with Gasteiger partial charge in [-0.2, -0.15) is 0 Å². The zero-order valence-electron chi connectivity index (χ0n) is 13.8. The van der Waals surface area contributed by atoms with E-state index < -0.39 is 0 Å². The van der Waals surface area contributed by atoms with Gasteiger partial charge in [-0.3, -0.25) is 9.59 Å². The molecule has 1 aromatic rings. The summed E-state index contributed by atoms with van der Waals surface area (Å²) in [5.41, 5.74) is 4.30. The number of anilines is 1. The van der Waals surface area contributed by atoms with Crippen LogP contribution in [0.1, 0.15) is 29.5 Å². The van der Waals surface area contributed by atoms with Gasteiger partial charge in [0.15, 0.2) is 0 Å². The second kappa shape index (κ2) is 3.95. The number of hydrogen-bond donors (Lipinski definition) is 0. The largest absolute Gasteiger partial charge is 0.274 e. The minimum atomic E-state index is -0.111. The van der Waals surface area contributed by atoms with Crippen LogP contribution in [-0.4, -0.2) is 11.8 Å². The average molecular weight is 307 g/mol. The van der Waals surface area contributed by atoms with Gasteiger partial charge in [-0.25, -0.2) is 4.90 Å². The molecule has 0 N–H and O–H groups in total. The lowest BCUT2D eigenvalue weighted by Gasteiger charge is -2.24. The van der Waals surface area contributed by atoms with Crippen molar-refractivity contribution < 1.29 is 9.59 Å². The van der Waals surface area contributed by atoms with Crippen LogP contribution in [0.15, 0.2) is 24.3 Å². The van der Waals surface area contributed by atoms with Gasteiger partial charge in [0.2, 0.25) is 11.8 Å². The predicted molar refractivity (Wildman–Crippen MR) is 87.9 cm³/mol. The highest BCUT2D eigenvalue weighted by atomic mass is 16.2. The Morgan fingerprint density at radius 1 is 0.913 bits per heavy atom. The molecule has 1 aromatic carbocycles. The summed E-state index contributed by atoms with van der Waals surface area (Å²) in [5.74, 6) is 0.451. The Morgan fingerprint density at radius 2 is 1.39 bits per heavy atom. The number of rotatable bonds is 1. The maximum Gasteiger partial charge on any atom is 0.238 e. The fraction of sp³-hybridized carbons (Fsp3) is 0.500. The van der Waals surface area contributed by atoms with Crippen molar-refractivity contribution >= 4 is 17.5 Å². The van der Waals surface area contributed by atoms with E-state index in [4.69, 9.17) is 0 Å². The molecule has 1 heterocycles. The molecule has 0 unspecified atom stereocenters. The average Bonchev–Trinajstić information content (AvgIpc) is 3.08. The summed E-state index contributed by atoms with van der Waals surface area (Å²) in [4.78, 5) is 27.8. The van der Waals surface area contributed by atoms with E-state index in [1.54, 1.807) is 0 Å². The molecule has 23 heavy (non-hydrogen) atoms. The fourth-order valence-electron chi connectivity index (χ4n) is 5.82. The summed E-state index contributed by atoms with van der Waals surface area (Å²) < 4.78 is 0. The molecule has 1 aliphatic heterocycles. The molecule has 4 atom stereocenters. The van der Waals surface area contributed by atoms with E-state index in [1.165, 1.54) is 23.3 Å². The lowest BCUT2D eigenvalue weighted by Crippen LogP contribution is -2.35. The third-order valence-electron chi connectivity index (χ3n) is 6.71. The molecule has 1 saturated heterocycles. The molecule has 1 spiro atoms. The van der Waals surface area contributed by atoms with Gasteiger partial charge in [-0.15, -0.1) is 0 Å². The number of aryl methyl sites for hydroxylation is 3. The van der Waals surface area contributed by atoms with Crippen molar-refractivity contribution in [1.29, 1.82) is 0 Å². The Kier molecular flexibility index (Phi) is 2.32. The molecule has 2 saturated carbocycles. The van der Waals surface area contributed by atoms with Gasteiger partial charge in [0, 0.05) is 0 Å². The third-order valence-corrected chi connectivity index (χ3v) is 6.71. The molecule has 5 rings (SSSR count). The van der Waals surface area contributed by atoms with E-state index >= 15 is 0 Å². The van der Waals surface area contributed by atoms with Crippen molar-refractivity contribution in [3.05, 3.63) is 41.0 Å². The molecule has 3 heteroatoms. The molecular weight excluding hydrogens is 286 g/mol. The van der Waals surface area contributed by atoms with E-state index in [-0.39, 0.29) is 29.1 Å². The predicted octanol–water partition coefficient (Wildman–Crippen LogP) is 3.31. The van der Waals surface area contributed by atoms with Crippen LogP contribution in [0.2, 0.25) is 0 Å². The van der Waals surface area contributed by atoms with Crippen molar-refractivity contribution in [2.75, 3.05) is 4.90 Å². The number of carbonyl (C=O) groups is 2. The summed E-state index contributed by atoms with van der Waals surface area (Å²) in [6.45, 7) is 6.05. The molecular formula is C20H21NO2. The Hall–Kier alpha value is -1.90. The second-order valence-electron chi connectivity index (χ2n) is 7.98. The smallest absolute Gasteiger partial charge is 0.238 e. The van der Waals surface area contributed by atoms with Crippen LogP contribution < -0.4 is 4.90 Å². The Balaban J connectivity index is 1.62. The van der Waals surface area contributed by atoms with E-state index in [9.17, 15) is 9.59 Å². The van der Waals surface area contributed by atoms with Crippen LogP contribution in [0, 0.1) is 49.9 Å². The number of allylic oxidation sites excluding steroid dienone is 2. The van der Waals surface area contributed by atoms with Crippen molar-refractivity contribution in [2.45, 2.75) is 33.6 Å². The number of benzene rings is 1. The Labute approximate surface area is 136 Å². The van der Waals surface area contributed by atoms with Crippen molar-refractivity contribution in [1.82, 2.24) is 0 Å². The number of amides is 2. The van der Waals surface area contributed by atoms with Crippen molar-refractivity contribution in [3.8, 4) is 0 Å². The first-order chi connectivity index (χ1) is 11.0. The molecule has 3 aliphatic carbocycles. The van der Waals surface area contributed by atoms with Crippen molar-refractivity contribution in [3.63, 3.8) is 0 Å². The molecule has 4 aliphatic rings. The first-order valence-corrected chi connectivity index (χ1v) is 8.60. The van der Waals surface area contributed by atoms with Crippen molar-refractivity contribution in [2.24, 2.45) is 29.1 Å². The van der Waals surface area contributed by atoms with Gasteiger partial charge < -0.3 is 0 Å². The second-order valence-corrected chi connectivity index (χ2v) is 7.98. The topological polar surface area (TPSA) is 37.4 Å². The maximum atomic E-state index is 13.2. The summed E-state index contributed by atoms with van der Waals surface area (Å²) in [6, 6.07) is 4.12. The minimum absolute atomic E-state index is 0.0400. The number of hydrogen-bond acceptors (Lipinski definition) is 2. The quantitative estimate of drug-likeness (QED) is 0.589. The molecule has 3 fully saturated rings. The van der Waals surface area contributed by atoms with Crippen LogP contribution in [0.5, 0.6) is 0 Å². The summed E-state index contributed by atoms with van der Waals surface area (Å²) in [7, 11) is 0. The van der Waals surface area contributed by atoms with Crippen LogP contribution in [0.25, 0.3) is 0 Å². The lowest BCUT2D eigenvalue weighted by molar-refractivity contribution is -0.123. The zero-order valence-corrected chi connectivity index (χ0v) is 13.8. The SMILES string of the molecule is Cc1cc(C)c(N2C(=O)[C@H]3[C@H](C2=O)[C@H]2C=C[C@H]3C23CC3)c(C)c1. The van der Waals surface area contributed by atoms with E-state index in [0.29, 0.717) is 11.8 Å². The van der Waals surface area contributed by atoms with Gasteiger partial charge in [0.1, 0.15) is 0 Å². The Bertz CT molecular complexity index is 745. The van der Waals surface area contributed by atoms with Crippen LogP contribution in [0.4, 0.5) is 5.69 Å². The monoisotopic (exact) mass is 307 g/mol. The maximum absolute atomic E-state index is 13.2. The summed E-state index contributed by atoms with van der Waals surface area (Å²) in [5, 5.41) is 0. The highest BCUT2D eigenvalue weighted by molar-refractivity contribution is 6.23. The minimum Gasteiger partial charge on any atom is -0.274 e. The van der Waals surface area contributed by atoms with E-state index in [0.717, 1.165) is 16.8 Å². The summed E-state index contributed by atoms with van der Waals surface area (Å²) >= 11 is 0. The molecule has 2 bridgehead atoms. The normalized spacial score (nSPS) is 35.5. The van der Waals surface area contributed by atoms with Crippen LogP contribution in [0.3, 0.4) is 0 Å². The highest BCUT2D eigenvalue weighted by Crippen LogP contribution is 2.73. The lowest BCUT2D eigenvalue weighted by atomic mass is 9.85. The molecule has 3 nitrogen and oxygen atoms in total. The first-order valence-electron chi connectivity index (χ1n) is 8.60. The summed E-state index contributed by atoms with van der Waals surface area (Å²) in [6.07, 6.45) is 6.82. The van der Waals surface area contributed by atoms with E-state index in [1.807, 2.05) is 20.8 Å². The number of fused-ring (bicyclic) bond motifs is 3. The van der Waals surface area contributed by atoms with Gasteiger partial charge in [0.05, 0.1) is 17.5 Å².